The summed E-state index contributed by atoms with van der Waals surface area (Å²) >= 11 is 0. The second-order valence-electron chi connectivity index (χ2n) is 6.82. The van der Waals surface area contributed by atoms with E-state index >= 15 is 0 Å². The zero-order chi connectivity index (χ0) is 16.9. The number of methoxy groups -OCH3 is 1. The molecule has 0 saturated carbocycles. The van der Waals surface area contributed by atoms with E-state index in [9.17, 15) is 14.7 Å². The second-order valence-corrected chi connectivity index (χ2v) is 6.82. The van der Waals surface area contributed by atoms with Crippen molar-refractivity contribution in [1.29, 1.82) is 0 Å². The molecule has 1 spiro atoms. The fourth-order valence-corrected chi connectivity index (χ4v) is 4.00. The Hall–Kier alpha value is -1.18. The Morgan fingerprint density at radius 3 is 2.48 bits per heavy atom. The molecule has 0 aromatic heterocycles. The van der Waals surface area contributed by atoms with Crippen molar-refractivity contribution in [1.82, 2.24) is 9.80 Å². The third-order valence-electron chi connectivity index (χ3n) is 5.50. The van der Waals surface area contributed by atoms with Crippen molar-refractivity contribution in [3.05, 3.63) is 0 Å². The minimum atomic E-state index is -0.323. The van der Waals surface area contributed by atoms with Crippen LogP contribution in [0.1, 0.15) is 25.7 Å². The highest BCUT2D eigenvalue weighted by Crippen LogP contribution is 2.45. The molecule has 2 rings (SSSR count). The number of carbonyl (C=O) groups excluding carboxylic acids is 2. The average molecular weight is 327 g/mol. The molecule has 0 radical (unpaired) electrons. The lowest BCUT2D eigenvalue weighted by Gasteiger charge is -2.51. The highest BCUT2D eigenvalue weighted by Gasteiger charge is 2.45. The van der Waals surface area contributed by atoms with Gasteiger partial charge in [0.1, 0.15) is 0 Å². The second kappa shape index (κ2) is 8.08. The molecule has 0 bridgehead atoms. The lowest BCUT2D eigenvalue weighted by Crippen LogP contribution is -2.55. The number of rotatable bonds is 6. The van der Waals surface area contributed by atoms with Crippen molar-refractivity contribution >= 4 is 11.8 Å². The summed E-state index contributed by atoms with van der Waals surface area (Å²) in [6, 6.07) is 0. The van der Waals surface area contributed by atoms with Crippen LogP contribution in [0, 0.1) is 11.3 Å². The fourth-order valence-electron chi connectivity index (χ4n) is 4.00. The molecule has 2 heterocycles. The van der Waals surface area contributed by atoms with Crippen molar-refractivity contribution in [3.63, 3.8) is 0 Å². The summed E-state index contributed by atoms with van der Waals surface area (Å²) in [6.07, 6.45) is 3.22. The summed E-state index contributed by atoms with van der Waals surface area (Å²) < 4.78 is 4.97. The van der Waals surface area contributed by atoms with Crippen molar-refractivity contribution in [2.45, 2.75) is 25.7 Å². The molecule has 132 valence electrons. The van der Waals surface area contributed by atoms with Crippen molar-refractivity contribution in [3.8, 4) is 0 Å². The van der Waals surface area contributed by atoms with E-state index in [0.717, 1.165) is 38.9 Å². The first-order chi connectivity index (χ1) is 11.0. The number of ether oxygens (including phenoxy) is 1. The average Bonchev–Trinajstić information content (AvgIpc) is 2.54. The molecule has 7 nitrogen and oxygen atoms in total. The summed E-state index contributed by atoms with van der Waals surface area (Å²) in [5.41, 5.74) is 5.36. The SMILES string of the molecule is COCCC(=O)N1CCC2(CCN(CC(N)=O)CC2CO)CC1. The van der Waals surface area contributed by atoms with Crippen molar-refractivity contribution in [2.75, 3.05) is 53.0 Å². The van der Waals surface area contributed by atoms with Crippen LogP contribution in [0.5, 0.6) is 0 Å². The van der Waals surface area contributed by atoms with E-state index in [4.69, 9.17) is 10.5 Å². The van der Waals surface area contributed by atoms with Gasteiger partial charge in [-0.2, -0.15) is 0 Å². The number of aliphatic hydroxyl groups is 1. The maximum absolute atomic E-state index is 12.1. The molecule has 23 heavy (non-hydrogen) atoms. The number of amides is 2. The molecule has 2 amide bonds. The predicted octanol–water partition coefficient (Wildman–Crippen LogP) is -0.569. The minimum absolute atomic E-state index is 0.0843. The van der Waals surface area contributed by atoms with Crippen LogP contribution >= 0.6 is 0 Å². The largest absolute Gasteiger partial charge is 0.396 e. The van der Waals surface area contributed by atoms with E-state index < -0.39 is 0 Å². The van der Waals surface area contributed by atoms with Gasteiger partial charge < -0.3 is 20.5 Å². The van der Waals surface area contributed by atoms with Gasteiger partial charge in [-0.3, -0.25) is 14.5 Å². The van der Waals surface area contributed by atoms with Crippen LogP contribution in [0.3, 0.4) is 0 Å². The molecular weight excluding hydrogens is 298 g/mol. The molecule has 0 aromatic carbocycles. The predicted molar refractivity (Wildman–Crippen MR) is 85.6 cm³/mol. The Balaban J connectivity index is 1.91. The van der Waals surface area contributed by atoms with E-state index in [1.165, 1.54) is 0 Å². The topological polar surface area (TPSA) is 96.1 Å². The van der Waals surface area contributed by atoms with Gasteiger partial charge in [-0.25, -0.2) is 0 Å². The smallest absolute Gasteiger partial charge is 0.231 e. The van der Waals surface area contributed by atoms with E-state index in [1.807, 2.05) is 9.80 Å². The normalized spacial score (nSPS) is 24.8. The van der Waals surface area contributed by atoms with Gasteiger partial charge in [-0.15, -0.1) is 0 Å². The molecule has 7 heteroatoms. The lowest BCUT2D eigenvalue weighted by molar-refractivity contribution is -0.137. The number of primary amides is 1. The van der Waals surface area contributed by atoms with Gasteiger partial charge in [0.25, 0.3) is 0 Å². The molecule has 2 aliphatic heterocycles. The zero-order valence-electron chi connectivity index (χ0n) is 14.0. The minimum Gasteiger partial charge on any atom is -0.396 e. The summed E-state index contributed by atoms with van der Waals surface area (Å²) in [5, 5.41) is 9.81. The van der Waals surface area contributed by atoms with E-state index in [0.29, 0.717) is 19.6 Å². The summed E-state index contributed by atoms with van der Waals surface area (Å²) in [7, 11) is 1.60. The molecule has 2 aliphatic rings. The standard InChI is InChI=1S/C16H29N3O4/c1-23-9-2-15(22)19-7-4-16(5-8-19)3-6-18(11-14(17)21)10-13(16)12-20/h13,20H,2-12H2,1H3,(H2,17,21). The summed E-state index contributed by atoms with van der Waals surface area (Å²) in [6.45, 7) is 3.86. The summed E-state index contributed by atoms with van der Waals surface area (Å²) in [5.74, 6) is -0.0311. The number of hydrogen-bond acceptors (Lipinski definition) is 5. The number of piperidine rings is 2. The number of hydrogen-bond donors (Lipinski definition) is 2. The van der Waals surface area contributed by atoms with Gasteiger partial charge >= 0.3 is 0 Å². The van der Waals surface area contributed by atoms with Crippen molar-refractivity contribution in [2.24, 2.45) is 17.1 Å². The highest BCUT2D eigenvalue weighted by molar-refractivity contribution is 5.76. The van der Waals surface area contributed by atoms with Gasteiger partial charge in [-0.05, 0) is 31.2 Å². The fraction of sp³-hybridized carbons (Fsp3) is 0.875. The number of nitrogens with two attached hydrogens (primary N) is 1. The third-order valence-corrected chi connectivity index (χ3v) is 5.50. The quantitative estimate of drug-likeness (QED) is 0.681. The molecule has 3 N–H and O–H groups in total. The Bertz CT molecular complexity index is 422. The van der Waals surface area contributed by atoms with Crippen LogP contribution in [-0.4, -0.2) is 79.8 Å². The first-order valence-corrected chi connectivity index (χ1v) is 8.39. The highest BCUT2D eigenvalue weighted by atomic mass is 16.5. The van der Waals surface area contributed by atoms with Crippen LogP contribution < -0.4 is 5.73 Å². The number of nitrogens with zero attached hydrogens (tertiary/aromatic N) is 2. The van der Waals surface area contributed by atoms with Crippen molar-refractivity contribution < 1.29 is 19.4 Å². The number of likely N-dealkylation sites (tertiary alicyclic amines) is 2. The van der Waals surface area contributed by atoms with Crippen LogP contribution in [0.25, 0.3) is 0 Å². The van der Waals surface area contributed by atoms with Crippen LogP contribution in [-0.2, 0) is 14.3 Å². The molecule has 2 saturated heterocycles. The maximum atomic E-state index is 12.1. The molecular formula is C16H29N3O4. The lowest BCUT2D eigenvalue weighted by atomic mass is 9.64. The monoisotopic (exact) mass is 327 g/mol. The van der Waals surface area contributed by atoms with E-state index in [-0.39, 0.29) is 36.3 Å². The summed E-state index contributed by atoms with van der Waals surface area (Å²) in [4.78, 5) is 27.1. The third kappa shape index (κ3) is 4.43. The van der Waals surface area contributed by atoms with Gasteiger partial charge in [0, 0.05) is 39.3 Å². The van der Waals surface area contributed by atoms with E-state index in [2.05, 4.69) is 0 Å². The Morgan fingerprint density at radius 1 is 1.26 bits per heavy atom. The Labute approximate surface area is 137 Å². The first-order valence-electron chi connectivity index (χ1n) is 8.39. The maximum Gasteiger partial charge on any atom is 0.231 e. The molecule has 1 atom stereocenters. The zero-order valence-corrected chi connectivity index (χ0v) is 14.0. The van der Waals surface area contributed by atoms with Gasteiger partial charge in [-0.1, -0.05) is 0 Å². The number of carbonyl (C=O) groups is 2. The van der Waals surface area contributed by atoms with Gasteiger partial charge in [0.2, 0.25) is 11.8 Å². The molecule has 0 aliphatic carbocycles. The van der Waals surface area contributed by atoms with Crippen LogP contribution in [0.15, 0.2) is 0 Å². The first kappa shape index (κ1) is 18.2. The molecule has 1 unspecified atom stereocenters. The Morgan fingerprint density at radius 2 is 1.91 bits per heavy atom. The van der Waals surface area contributed by atoms with Crippen LogP contribution in [0.4, 0.5) is 0 Å². The van der Waals surface area contributed by atoms with Gasteiger partial charge in [0.05, 0.1) is 19.6 Å². The van der Waals surface area contributed by atoms with E-state index in [1.54, 1.807) is 7.11 Å². The van der Waals surface area contributed by atoms with Gasteiger partial charge in [0.15, 0.2) is 0 Å². The van der Waals surface area contributed by atoms with Crippen LogP contribution in [0.2, 0.25) is 0 Å². The molecule has 2 fully saturated rings. The molecule has 0 aromatic rings. The number of aliphatic hydroxyl groups excluding tert-OH is 1. The Kier molecular flexibility index (Phi) is 6.38.